The van der Waals surface area contributed by atoms with Gasteiger partial charge in [0.25, 0.3) is 0 Å². The average Bonchev–Trinajstić information content (AvgIpc) is 1.92. The summed E-state index contributed by atoms with van der Waals surface area (Å²) >= 11 is 0. The van der Waals surface area contributed by atoms with Crippen LogP contribution in [0.5, 0.6) is 0 Å². The lowest BCUT2D eigenvalue weighted by atomic mass is 9.71. The van der Waals surface area contributed by atoms with Crippen LogP contribution < -0.4 is 0 Å². The second-order valence-corrected chi connectivity index (χ2v) is 4.83. The van der Waals surface area contributed by atoms with Crippen LogP contribution in [-0.2, 0) is 4.79 Å². The predicted octanol–water partition coefficient (Wildman–Crippen LogP) is 1.76. The Labute approximate surface area is 74.0 Å². The largest absolute Gasteiger partial charge is 0.385 e. The topological polar surface area (TPSA) is 37.3 Å². The van der Waals surface area contributed by atoms with Gasteiger partial charge >= 0.3 is 0 Å². The van der Waals surface area contributed by atoms with Gasteiger partial charge in [-0.25, -0.2) is 0 Å². The van der Waals surface area contributed by atoms with Crippen LogP contribution in [0, 0.1) is 11.3 Å². The zero-order valence-corrected chi connectivity index (χ0v) is 8.13. The number of ketones is 1. The van der Waals surface area contributed by atoms with E-state index in [9.17, 15) is 9.90 Å². The van der Waals surface area contributed by atoms with Crippen molar-refractivity contribution in [2.45, 2.75) is 46.1 Å². The second kappa shape index (κ2) is 3.17. The summed E-state index contributed by atoms with van der Waals surface area (Å²) in [6.45, 7) is 6.47. The van der Waals surface area contributed by atoms with Gasteiger partial charge in [0.05, 0.1) is 0 Å². The summed E-state index contributed by atoms with van der Waals surface area (Å²) < 4.78 is 0. The maximum absolute atomic E-state index is 11.2. The SMILES string of the molecule is CC(C)(C)[C@H]1CC[C@H](O)C(=O)C1. The number of hydrogen-bond donors (Lipinski definition) is 1. The normalized spacial score (nSPS) is 32.2. The van der Waals surface area contributed by atoms with E-state index in [1.807, 2.05) is 0 Å². The van der Waals surface area contributed by atoms with Gasteiger partial charge in [0.2, 0.25) is 0 Å². The van der Waals surface area contributed by atoms with Crippen molar-refractivity contribution in [1.82, 2.24) is 0 Å². The first kappa shape index (κ1) is 9.72. The van der Waals surface area contributed by atoms with Crippen LogP contribution in [0.2, 0.25) is 0 Å². The Balaban J connectivity index is 2.57. The fourth-order valence-electron chi connectivity index (χ4n) is 1.74. The highest BCUT2D eigenvalue weighted by Gasteiger charge is 2.33. The summed E-state index contributed by atoms with van der Waals surface area (Å²) in [7, 11) is 0. The molecule has 0 bridgehead atoms. The zero-order chi connectivity index (χ0) is 9.35. The standard InChI is InChI=1S/C10H18O2/c1-10(2,3)7-4-5-8(11)9(12)6-7/h7-8,11H,4-6H2,1-3H3/t7-,8-/m0/s1. The van der Waals surface area contributed by atoms with E-state index >= 15 is 0 Å². The van der Waals surface area contributed by atoms with E-state index in [-0.39, 0.29) is 11.2 Å². The number of hydrogen-bond acceptors (Lipinski definition) is 2. The Morgan fingerprint density at radius 2 is 1.92 bits per heavy atom. The summed E-state index contributed by atoms with van der Waals surface area (Å²) in [5.41, 5.74) is 0.204. The van der Waals surface area contributed by atoms with E-state index in [0.717, 1.165) is 6.42 Å². The van der Waals surface area contributed by atoms with Crippen LogP contribution in [0.25, 0.3) is 0 Å². The molecule has 0 aromatic heterocycles. The summed E-state index contributed by atoms with van der Waals surface area (Å²) in [5, 5.41) is 9.21. The van der Waals surface area contributed by atoms with Crippen molar-refractivity contribution in [3.63, 3.8) is 0 Å². The highest BCUT2D eigenvalue weighted by molar-refractivity contribution is 5.83. The van der Waals surface area contributed by atoms with Crippen molar-refractivity contribution < 1.29 is 9.90 Å². The van der Waals surface area contributed by atoms with Gasteiger partial charge in [0.1, 0.15) is 6.10 Å². The first-order chi connectivity index (χ1) is 5.41. The number of rotatable bonds is 0. The summed E-state index contributed by atoms with van der Waals surface area (Å²) in [6, 6.07) is 0. The molecular formula is C10H18O2. The fourth-order valence-corrected chi connectivity index (χ4v) is 1.74. The number of aliphatic hydroxyl groups excluding tert-OH is 1. The minimum Gasteiger partial charge on any atom is -0.385 e. The Bertz CT molecular complexity index is 179. The molecule has 2 heteroatoms. The Morgan fingerprint density at radius 1 is 1.33 bits per heavy atom. The van der Waals surface area contributed by atoms with Gasteiger partial charge in [-0.15, -0.1) is 0 Å². The van der Waals surface area contributed by atoms with E-state index in [1.165, 1.54) is 0 Å². The number of carbonyl (C=O) groups excluding carboxylic acids is 1. The molecular weight excluding hydrogens is 152 g/mol. The van der Waals surface area contributed by atoms with Crippen LogP contribution in [0.1, 0.15) is 40.0 Å². The molecule has 1 rings (SSSR count). The fraction of sp³-hybridized carbons (Fsp3) is 0.900. The van der Waals surface area contributed by atoms with Gasteiger partial charge in [-0.05, 0) is 24.2 Å². The van der Waals surface area contributed by atoms with Crippen molar-refractivity contribution in [2.75, 3.05) is 0 Å². The summed E-state index contributed by atoms with van der Waals surface area (Å²) in [5.74, 6) is 0.481. The molecule has 0 aromatic carbocycles. The smallest absolute Gasteiger partial charge is 0.161 e. The van der Waals surface area contributed by atoms with Crippen molar-refractivity contribution in [3.8, 4) is 0 Å². The summed E-state index contributed by atoms with van der Waals surface area (Å²) in [6.07, 6.45) is 1.52. The van der Waals surface area contributed by atoms with E-state index in [4.69, 9.17) is 0 Å². The lowest BCUT2D eigenvalue weighted by Crippen LogP contribution is -2.34. The van der Waals surface area contributed by atoms with Crippen molar-refractivity contribution in [2.24, 2.45) is 11.3 Å². The average molecular weight is 170 g/mol. The minimum absolute atomic E-state index is 0.0289. The van der Waals surface area contributed by atoms with E-state index in [2.05, 4.69) is 20.8 Å². The van der Waals surface area contributed by atoms with Crippen LogP contribution in [0.15, 0.2) is 0 Å². The third-order valence-electron chi connectivity index (χ3n) is 2.83. The highest BCUT2D eigenvalue weighted by atomic mass is 16.3. The van der Waals surface area contributed by atoms with E-state index in [1.54, 1.807) is 0 Å². The molecule has 0 radical (unpaired) electrons. The maximum Gasteiger partial charge on any atom is 0.161 e. The first-order valence-electron chi connectivity index (χ1n) is 4.62. The molecule has 0 saturated heterocycles. The van der Waals surface area contributed by atoms with Gasteiger partial charge in [-0.2, -0.15) is 0 Å². The van der Waals surface area contributed by atoms with Crippen LogP contribution >= 0.6 is 0 Å². The van der Waals surface area contributed by atoms with Crippen LogP contribution in [0.3, 0.4) is 0 Å². The molecule has 1 N–H and O–H groups in total. The molecule has 0 aliphatic heterocycles. The Kier molecular flexibility index (Phi) is 2.57. The van der Waals surface area contributed by atoms with Gasteiger partial charge in [0, 0.05) is 6.42 Å². The van der Waals surface area contributed by atoms with Gasteiger partial charge in [-0.3, -0.25) is 4.79 Å². The molecule has 1 aliphatic carbocycles. The third-order valence-corrected chi connectivity index (χ3v) is 2.83. The number of aliphatic hydroxyl groups is 1. The molecule has 0 unspecified atom stereocenters. The highest BCUT2D eigenvalue weighted by Crippen LogP contribution is 2.36. The van der Waals surface area contributed by atoms with Gasteiger partial charge in [0.15, 0.2) is 5.78 Å². The second-order valence-electron chi connectivity index (χ2n) is 4.83. The van der Waals surface area contributed by atoms with E-state index < -0.39 is 6.10 Å². The quantitative estimate of drug-likeness (QED) is 0.601. The first-order valence-corrected chi connectivity index (χ1v) is 4.62. The molecule has 2 atom stereocenters. The van der Waals surface area contributed by atoms with Crippen molar-refractivity contribution >= 4 is 5.78 Å². The van der Waals surface area contributed by atoms with Crippen molar-refractivity contribution in [3.05, 3.63) is 0 Å². The molecule has 0 aromatic rings. The molecule has 0 spiro atoms. The van der Waals surface area contributed by atoms with Crippen molar-refractivity contribution in [1.29, 1.82) is 0 Å². The van der Waals surface area contributed by atoms with Gasteiger partial charge in [-0.1, -0.05) is 20.8 Å². The minimum atomic E-state index is -0.677. The number of carbonyl (C=O) groups is 1. The lowest BCUT2D eigenvalue weighted by Gasteiger charge is -2.34. The molecule has 12 heavy (non-hydrogen) atoms. The molecule has 0 amide bonds. The Hall–Kier alpha value is -0.370. The van der Waals surface area contributed by atoms with Crippen LogP contribution in [0.4, 0.5) is 0 Å². The van der Waals surface area contributed by atoms with Gasteiger partial charge < -0.3 is 5.11 Å². The monoisotopic (exact) mass is 170 g/mol. The molecule has 1 fully saturated rings. The molecule has 70 valence electrons. The van der Waals surface area contributed by atoms with E-state index in [0.29, 0.717) is 18.8 Å². The Morgan fingerprint density at radius 3 is 2.33 bits per heavy atom. The van der Waals surface area contributed by atoms with Crippen LogP contribution in [-0.4, -0.2) is 17.0 Å². The predicted molar refractivity (Wildman–Crippen MR) is 47.8 cm³/mol. The summed E-state index contributed by atoms with van der Waals surface area (Å²) in [4.78, 5) is 11.2. The number of Topliss-reactive ketones (excluding diaryl/α,β-unsaturated/α-hetero) is 1. The zero-order valence-electron chi connectivity index (χ0n) is 8.13. The molecule has 1 aliphatic rings. The third kappa shape index (κ3) is 2.07. The molecule has 0 heterocycles. The molecule has 2 nitrogen and oxygen atoms in total. The molecule has 1 saturated carbocycles. The lowest BCUT2D eigenvalue weighted by molar-refractivity contribution is -0.132. The maximum atomic E-state index is 11.2.